The van der Waals surface area contributed by atoms with Gasteiger partial charge >= 0.3 is 0 Å². The van der Waals surface area contributed by atoms with Crippen LogP contribution in [-0.2, 0) is 19.4 Å². The highest BCUT2D eigenvalue weighted by molar-refractivity contribution is 6.33. The first-order chi connectivity index (χ1) is 15.7. The molecule has 1 aliphatic rings. The predicted molar refractivity (Wildman–Crippen MR) is 125 cm³/mol. The molecule has 32 heavy (non-hydrogen) atoms. The van der Waals surface area contributed by atoms with Crippen LogP contribution in [-0.4, -0.2) is 32.6 Å². The van der Waals surface area contributed by atoms with E-state index in [0.717, 1.165) is 42.2 Å². The number of rotatable bonds is 6. The Morgan fingerprint density at radius 1 is 1.06 bits per heavy atom. The second-order valence-electron chi connectivity index (χ2n) is 8.32. The van der Waals surface area contributed by atoms with Gasteiger partial charge in [0.05, 0.1) is 11.2 Å². The van der Waals surface area contributed by atoms with E-state index in [1.807, 2.05) is 36.4 Å². The van der Waals surface area contributed by atoms with Crippen molar-refractivity contribution >= 4 is 22.8 Å². The van der Waals surface area contributed by atoms with Crippen LogP contribution in [0.5, 0.6) is 0 Å². The molecule has 0 radical (unpaired) electrons. The molecule has 0 bridgehead atoms. The molecule has 5 nitrogen and oxygen atoms in total. The van der Waals surface area contributed by atoms with Gasteiger partial charge in [-0.3, -0.25) is 0 Å². The van der Waals surface area contributed by atoms with E-state index in [1.165, 1.54) is 18.9 Å². The topological polar surface area (TPSA) is 55.6 Å². The van der Waals surface area contributed by atoms with Gasteiger partial charge in [-0.25, -0.2) is 19.3 Å². The zero-order valence-corrected chi connectivity index (χ0v) is 18.5. The van der Waals surface area contributed by atoms with Crippen molar-refractivity contribution in [1.82, 2.24) is 24.8 Å². The zero-order chi connectivity index (χ0) is 21.9. The number of aromatic nitrogens is 4. The van der Waals surface area contributed by atoms with Crippen molar-refractivity contribution in [3.63, 3.8) is 0 Å². The summed E-state index contributed by atoms with van der Waals surface area (Å²) in [6.45, 7) is 2.86. The number of benzene rings is 2. The summed E-state index contributed by atoms with van der Waals surface area (Å²) >= 11 is 6.53. The number of hydrogen-bond acceptors (Lipinski definition) is 4. The fourth-order valence-electron chi connectivity index (χ4n) is 4.38. The van der Waals surface area contributed by atoms with Crippen LogP contribution in [0.3, 0.4) is 0 Å². The van der Waals surface area contributed by atoms with Crippen molar-refractivity contribution in [1.29, 1.82) is 0 Å². The van der Waals surface area contributed by atoms with Crippen molar-refractivity contribution in [3.05, 3.63) is 77.0 Å². The van der Waals surface area contributed by atoms with Gasteiger partial charge in [0.2, 0.25) is 0 Å². The Hall–Kier alpha value is -2.83. The Morgan fingerprint density at radius 2 is 1.91 bits per heavy atom. The quantitative estimate of drug-likeness (QED) is 0.446. The molecule has 2 aromatic carbocycles. The van der Waals surface area contributed by atoms with E-state index in [4.69, 9.17) is 21.6 Å². The van der Waals surface area contributed by atoms with Crippen molar-refractivity contribution in [2.24, 2.45) is 5.92 Å². The first kappa shape index (κ1) is 21.0. The Kier molecular flexibility index (Phi) is 6.14. The van der Waals surface area contributed by atoms with Crippen LogP contribution >= 0.6 is 11.6 Å². The third-order valence-electron chi connectivity index (χ3n) is 6.07. The van der Waals surface area contributed by atoms with Gasteiger partial charge in [-0.1, -0.05) is 41.9 Å². The normalized spacial score (nSPS) is 16.5. The van der Waals surface area contributed by atoms with Crippen molar-refractivity contribution < 1.29 is 4.39 Å². The fourth-order valence-corrected chi connectivity index (χ4v) is 4.60. The number of fused-ring (bicyclic) bond motifs is 1. The van der Waals surface area contributed by atoms with E-state index in [-0.39, 0.29) is 5.82 Å². The standard InChI is InChI=1S/C25H25ClFN5/c26-20-9-3-2-8-19(20)24-30-22-15-29-23(12-11-18-7-1-4-10-21(18)27)31-25(22)32(24)16-17-6-5-13-28-14-17/h1-4,7-10,15,17,28H,5-6,11-14,16H2/t17-/m1/s1. The lowest BCUT2D eigenvalue weighted by atomic mass is 9.99. The maximum absolute atomic E-state index is 14.0. The molecule has 0 aliphatic carbocycles. The lowest BCUT2D eigenvalue weighted by molar-refractivity contribution is 0.341. The first-order valence-corrected chi connectivity index (χ1v) is 11.5. The fraction of sp³-hybridized carbons (Fsp3) is 0.320. The van der Waals surface area contributed by atoms with Gasteiger partial charge in [-0.05, 0) is 62.0 Å². The number of nitrogens with zero attached hydrogens (tertiary/aromatic N) is 4. The average Bonchev–Trinajstić information content (AvgIpc) is 3.17. The van der Waals surface area contributed by atoms with E-state index in [2.05, 4.69) is 14.9 Å². The SMILES string of the molecule is Fc1ccccc1CCc1ncc2nc(-c3ccccc3Cl)n(C[C@@H]3CCCNC3)c2n1. The Bertz CT molecular complexity index is 1230. The van der Waals surface area contributed by atoms with E-state index in [0.29, 0.717) is 35.2 Å². The number of imidazole rings is 1. The third kappa shape index (κ3) is 4.38. The molecule has 7 heteroatoms. The molecule has 1 aliphatic heterocycles. The average molecular weight is 450 g/mol. The molecule has 0 unspecified atom stereocenters. The molecule has 0 spiro atoms. The minimum absolute atomic E-state index is 0.190. The molecule has 1 atom stereocenters. The Balaban J connectivity index is 1.52. The summed E-state index contributed by atoms with van der Waals surface area (Å²) < 4.78 is 16.2. The monoisotopic (exact) mass is 449 g/mol. The summed E-state index contributed by atoms with van der Waals surface area (Å²) in [5, 5.41) is 4.16. The van der Waals surface area contributed by atoms with Crippen LogP contribution in [0.25, 0.3) is 22.6 Å². The van der Waals surface area contributed by atoms with E-state index < -0.39 is 0 Å². The molecule has 164 valence electrons. The highest BCUT2D eigenvalue weighted by atomic mass is 35.5. The van der Waals surface area contributed by atoms with Crippen LogP contribution in [0.2, 0.25) is 5.02 Å². The van der Waals surface area contributed by atoms with Crippen LogP contribution in [0.1, 0.15) is 24.2 Å². The van der Waals surface area contributed by atoms with Gasteiger partial charge in [0.25, 0.3) is 0 Å². The number of aryl methyl sites for hydroxylation is 2. The van der Waals surface area contributed by atoms with Crippen LogP contribution in [0, 0.1) is 11.7 Å². The Morgan fingerprint density at radius 3 is 2.72 bits per heavy atom. The van der Waals surface area contributed by atoms with E-state index >= 15 is 0 Å². The number of nitrogens with one attached hydrogen (secondary N) is 1. The smallest absolute Gasteiger partial charge is 0.164 e. The van der Waals surface area contributed by atoms with Crippen molar-refractivity contribution in [3.8, 4) is 11.4 Å². The highest BCUT2D eigenvalue weighted by Crippen LogP contribution is 2.31. The van der Waals surface area contributed by atoms with Gasteiger partial charge in [0.15, 0.2) is 5.65 Å². The molecule has 1 saturated heterocycles. The molecule has 2 aromatic heterocycles. The van der Waals surface area contributed by atoms with Crippen molar-refractivity contribution in [2.45, 2.75) is 32.2 Å². The minimum atomic E-state index is -0.190. The summed E-state index contributed by atoms with van der Waals surface area (Å²) in [4.78, 5) is 14.2. The summed E-state index contributed by atoms with van der Waals surface area (Å²) in [5.74, 6) is 1.81. The van der Waals surface area contributed by atoms with Crippen LogP contribution < -0.4 is 5.32 Å². The summed E-state index contributed by atoms with van der Waals surface area (Å²) in [5.41, 5.74) is 3.13. The zero-order valence-electron chi connectivity index (χ0n) is 17.8. The molecule has 4 aromatic rings. The minimum Gasteiger partial charge on any atom is -0.316 e. The third-order valence-corrected chi connectivity index (χ3v) is 6.40. The van der Waals surface area contributed by atoms with Gasteiger partial charge in [-0.15, -0.1) is 0 Å². The number of hydrogen-bond donors (Lipinski definition) is 1. The predicted octanol–water partition coefficient (Wildman–Crippen LogP) is 5.07. The van der Waals surface area contributed by atoms with Crippen molar-refractivity contribution in [2.75, 3.05) is 13.1 Å². The van der Waals surface area contributed by atoms with Crippen LogP contribution in [0.15, 0.2) is 54.7 Å². The van der Waals surface area contributed by atoms with Gasteiger partial charge in [0.1, 0.15) is 23.0 Å². The molecule has 1 N–H and O–H groups in total. The second-order valence-corrected chi connectivity index (χ2v) is 8.73. The van der Waals surface area contributed by atoms with Crippen LogP contribution in [0.4, 0.5) is 4.39 Å². The van der Waals surface area contributed by atoms with Gasteiger partial charge in [-0.2, -0.15) is 0 Å². The molecular formula is C25H25ClFN5. The lowest BCUT2D eigenvalue weighted by Gasteiger charge is -2.24. The second kappa shape index (κ2) is 9.35. The lowest BCUT2D eigenvalue weighted by Crippen LogP contribution is -2.32. The molecular weight excluding hydrogens is 425 g/mol. The van der Waals surface area contributed by atoms with Gasteiger partial charge in [0, 0.05) is 18.5 Å². The molecule has 0 amide bonds. The largest absolute Gasteiger partial charge is 0.316 e. The summed E-state index contributed by atoms with van der Waals surface area (Å²) in [6, 6.07) is 14.6. The maximum atomic E-state index is 14.0. The molecule has 1 fully saturated rings. The Labute approximate surface area is 191 Å². The molecule has 0 saturated carbocycles. The summed E-state index contributed by atoms with van der Waals surface area (Å²) in [7, 11) is 0. The molecule has 3 heterocycles. The maximum Gasteiger partial charge on any atom is 0.164 e. The van der Waals surface area contributed by atoms with Gasteiger partial charge < -0.3 is 9.88 Å². The first-order valence-electron chi connectivity index (χ1n) is 11.1. The molecule has 5 rings (SSSR count). The summed E-state index contributed by atoms with van der Waals surface area (Å²) in [6.07, 6.45) is 5.22. The number of piperidine rings is 1. The number of halogens is 2. The highest BCUT2D eigenvalue weighted by Gasteiger charge is 2.21. The van der Waals surface area contributed by atoms with E-state index in [1.54, 1.807) is 12.3 Å². The van der Waals surface area contributed by atoms with E-state index in [9.17, 15) is 4.39 Å².